The molecule has 1 N–H and O–H groups in total. The lowest BCUT2D eigenvalue weighted by Crippen LogP contribution is -2.47. The van der Waals surface area contributed by atoms with E-state index in [0.29, 0.717) is 36.3 Å². The molecule has 2 amide bonds. The summed E-state index contributed by atoms with van der Waals surface area (Å²) in [5.41, 5.74) is -0.425. The van der Waals surface area contributed by atoms with E-state index in [9.17, 15) is 22.8 Å². The van der Waals surface area contributed by atoms with Gasteiger partial charge in [-0.2, -0.15) is 13.2 Å². The number of pyridine rings is 1. The molecule has 1 atom stereocenters. The highest BCUT2D eigenvalue weighted by molar-refractivity contribution is 5.86. The molecular formula is C21H24F3N5O3. The smallest absolute Gasteiger partial charge is 0.433 e. The van der Waals surface area contributed by atoms with Crippen LogP contribution in [0.25, 0.3) is 11.3 Å². The van der Waals surface area contributed by atoms with Crippen molar-refractivity contribution < 1.29 is 27.5 Å². The van der Waals surface area contributed by atoms with Crippen molar-refractivity contribution in [1.82, 2.24) is 25.2 Å². The van der Waals surface area contributed by atoms with Crippen molar-refractivity contribution in [2.45, 2.75) is 58.0 Å². The second-order valence-electron chi connectivity index (χ2n) is 8.37. The van der Waals surface area contributed by atoms with Crippen molar-refractivity contribution >= 4 is 12.0 Å². The third kappa shape index (κ3) is 5.92. The summed E-state index contributed by atoms with van der Waals surface area (Å²) in [6, 6.07) is 3.08. The molecule has 2 aromatic rings. The molecule has 32 heavy (non-hydrogen) atoms. The lowest BCUT2D eigenvalue weighted by Gasteiger charge is -2.28. The van der Waals surface area contributed by atoms with Gasteiger partial charge in [0.1, 0.15) is 23.7 Å². The number of rotatable bonds is 4. The van der Waals surface area contributed by atoms with Gasteiger partial charge in [0.25, 0.3) is 0 Å². The normalized spacial score (nSPS) is 16.7. The molecule has 0 aliphatic carbocycles. The molecule has 8 nitrogen and oxygen atoms in total. The Kier molecular flexibility index (Phi) is 6.65. The van der Waals surface area contributed by atoms with Crippen molar-refractivity contribution in [2.24, 2.45) is 0 Å². The maximum absolute atomic E-state index is 12.7. The van der Waals surface area contributed by atoms with Crippen LogP contribution in [0.4, 0.5) is 18.0 Å². The van der Waals surface area contributed by atoms with Gasteiger partial charge in [0.05, 0.1) is 17.9 Å². The van der Waals surface area contributed by atoms with Gasteiger partial charge >= 0.3 is 12.3 Å². The van der Waals surface area contributed by atoms with Crippen LogP contribution in [0.1, 0.15) is 45.0 Å². The van der Waals surface area contributed by atoms with Crippen molar-refractivity contribution in [3.05, 3.63) is 42.1 Å². The first-order chi connectivity index (χ1) is 14.9. The van der Waals surface area contributed by atoms with Gasteiger partial charge in [-0.25, -0.2) is 14.8 Å². The number of ether oxygens (including phenoxy) is 1. The van der Waals surface area contributed by atoms with E-state index < -0.39 is 29.6 Å². The fraction of sp³-hybridized carbons (Fsp3) is 0.476. The molecule has 0 radical (unpaired) electrons. The zero-order chi connectivity index (χ0) is 23.5. The number of nitrogens with one attached hydrogen (secondary N) is 1. The molecule has 1 aliphatic rings. The Hall–Kier alpha value is -3.24. The Morgan fingerprint density at radius 3 is 2.56 bits per heavy atom. The molecule has 2 aromatic heterocycles. The zero-order valence-corrected chi connectivity index (χ0v) is 17.9. The largest absolute Gasteiger partial charge is 0.444 e. The van der Waals surface area contributed by atoms with E-state index >= 15 is 0 Å². The van der Waals surface area contributed by atoms with Crippen LogP contribution in [0.2, 0.25) is 0 Å². The first kappa shape index (κ1) is 23.4. The number of amides is 2. The van der Waals surface area contributed by atoms with Crippen LogP contribution in [-0.4, -0.2) is 50.0 Å². The summed E-state index contributed by atoms with van der Waals surface area (Å²) in [5, 5.41) is 2.75. The summed E-state index contributed by atoms with van der Waals surface area (Å²) in [7, 11) is 0. The van der Waals surface area contributed by atoms with Gasteiger partial charge in [-0.05, 0) is 51.8 Å². The van der Waals surface area contributed by atoms with Crippen LogP contribution in [0, 0.1) is 0 Å². The number of hydrogen-bond donors (Lipinski definition) is 1. The highest BCUT2D eigenvalue weighted by atomic mass is 19.4. The number of aromatic nitrogens is 3. The van der Waals surface area contributed by atoms with E-state index in [1.165, 1.54) is 17.3 Å². The third-order valence-electron chi connectivity index (χ3n) is 4.70. The Balaban J connectivity index is 1.63. The van der Waals surface area contributed by atoms with E-state index in [2.05, 4.69) is 20.3 Å². The van der Waals surface area contributed by atoms with Gasteiger partial charge < -0.3 is 10.1 Å². The summed E-state index contributed by atoms with van der Waals surface area (Å²) >= 11 is 0. The lowest BCUT2D eigenvalue weighted by molar-refractivity contribution is -0.141. The number of carbonyl (C=O) groups excluding carboxylic acids is 2. The number of halogens is 3. The second-order valence-corrected chi connectivity index (χ2v) is 8.37. The summed E-state index contributed by atoms with van der Waals surface area (Å²) in [4.78, 5) is 38.0. The van der Waals surface area contributed by atoms with E-state index in [0.717, 1.165) is 12.3 Å². The summed E-state index contributed by atoms with van der Waals surface area (Å²) in [6.07, 6.45) is -1.49. The quantitative estimate of drug-likeness (QED) is 0.763. The maximum atomic E-state index is 12.7. The van der Waals surface area contributed by atoms with Crippen LogP contribution in [0.3, 0.4) is 0 Å². The van der Waals surface area contributed by atoms with E-state index in [1.807, 2.05) is 0 Å². The SMILES string of the molecule is CC(C)(C)OC(=O)N1CCCC1C(=O)NCc1cc(-c2ccc(C(F)(F)F)nc2)ncn1. The minimum atomic E-state index is -4.52. The topological polar surface area (TPSA) is 97.3 Å². The lowest BCUT2D eigenvalue weighted by atomic mass is 10.1. The molecule has 0 spiro atoms. The predicted molar refractivity (Wildman–Crippen MR) is 108 cm³/mol. The van der Waals surface area contributed by atoms with Crippen molar-refractivity contribution in [2.75, 3.05) is 6.54 Å². The van der Waals surface area contributed by atoms with E-state index in [-0.39, 0.29) is 12.5 Å². The van der Waals surface area contributed by atoms with Crippen molar-refractivity contribution in [3.8, 4) is 11.3 Å². The molecule has 1 aliphatic heterocycles. The molecule has 3 heterocycles. The molecule has 1 saturated heterocycles. The number of hydrogen-bond acceptors (Lipinski definition) is 6. The van der Waals surface area contributed by atoms with Crippen molar-refractivity contribution in [1.29, 1.82) is 0 Å². The highest BCUT2D eigenvalue weighted by Gasteiger charge is 2.36. The monoisotopic (exact) mass is 451 g/mol. The predicted octanol–water partition coefficient (Wildman–Crippen LogP) is 3.57. The van der Waals surface area contributed by atoms with Crippen molar-refractivity contribution in [3.63, 3.8) is 0 Å². The second kappa shape index (κ2) is 9.09. The molecule has 0 bridgehead atoms. The molecule has 0 saturated carbocycles. The van der Waals surface area contributed by atoms with Crippen LogP contribution < -0.4 is 5.32 Å². The highest BCUT2D eigenvalue weighted by Crippen LogP contribution is 2.28. The third-order valence-corrected chi connectivity index (χ3v) is 4.70. The van der Waals surface area contributed by atoms with Crippen LogP contribution in [0.5, 0.6) is 0 Å². The van der Waals surface area contributed by atoms with Gasteiger partial charge in [0.2, 0.25) is 5.91 Å². The molecule has 172 valence electrons. The Morgan fingerprint density at radius 2 is 1.94 bits per heavy atom. The molecule has 1 unspecified atom stereocenters. The summed E-state index contributed by atoms with van der Waals surface area (Å²) in [6.45, 7) is 5.78. The zero-order valence-electron chi connectivity index (χ0n) is 17.9. The average molecular weight is 451 g/mol. The first-order valence-corrected chi connectivity index (χ1v) is 10.1. The van der Waals surface area contributed by atoms with Crippen LogP contribution in [-0.2, 0) is 22.3 Å². The number of nitrogens with zero attached hydrogens (tertiary/aromatic N) is 4. The Bertz CT molecular complexity index is 974. The fourth-order valence-corrected chi connectivity index (χ4v) is 3.24. The number of alkyl halides is 3. The van der Waals surface area contributed by atoms with Gasteiger partial charge in [0, 0.05) is 18.3 Å². The average Bonchev–Trinajstić information content (AvgIpc) is 3.21. The first-order valence-electron chi connectivity index (χ1n) is 10.1. The Morgan fingerprint density at radius 1 is 1.19 bits per heavy atom. The van der Waals surface area contributed by atoms with Gasteiger partial charge in [-0.15, -0.1) is 0 Å². The molecule has 1 fully saturated rings. The molecule has 0 aromatic carbocycles. The minimum Gasteiger partial charge on any atom is -0.444 e. The molecule has 3 rings (SSSR count). The number of carbonyl (C=O) groups is 2. The Labute approximate surface area is 183 Å². The van der Waals surface area contributed by atoms with Gasteiger partial charge in [-0.3, -0.25) is 14.7 Å². The van der Waals surface area contributed by atoms with E-state index in [1.54, 1.807) is 26.8 Å². The number of likely N-dealkylation sites (tertiary alicyclic amines) is 1. The van der Waals surface area contributed by atoms with Crippen LogP contribution >= 0.6 is 0 Å². The van der Waals surface area contributed by atoms with Gasteiger partial charge in [-0.1, -0.05) is 0 Å². The molecule has 11 heteroatoms. The molecular weight excluding hydrogens is 427 g/mol. The standard InChI is InChI=1S/C21H24F3N5O3/c1-20(2,3)32-19(31)29-8-4-5-16(29)18(30)26-11-14-9-15(28-12-27-14)13-6-7-17(25-10-13)21(22,23)24/h6-7,9-10,12,16H,4-5,8,11H2,1-3H3,(H,26,30). The maximum Gasteiger partial charge on any atom is 0.433 e. The van der Waals surface area contributed by atoms with E-state index in [4.69, 9.17) is 4.74 Å². The van der Waals surface area contributed by atoms with Gasteiger partial charge in [0.15, 0.2) is 0 Å². The van der Waals surface area contributed by atoms with Crippen LogP contribution in [0.15, 0.2) is 30.7 Å². The summed E-state index contributed by atoms with van der Waals surface area (Å²) < 4.78 is 43.4. The minimum absolute atomic E-state index is 0.0705. The fourth-order valence-electron chi connectivity index (χ4n) is 3.24. The summed E-state index contributed by atoms with van der Waals surface area (Å²) in [5.74, 6) is -0.329.